The quantitative estimate of drug-likeness (QED) is 0.630. The molecule has 2 aliphatic rings. The number of carbonyl (C=O) groups excluding carboxylic acids is 2. The summed E-state index contributed by atoms with van der Waals surface area (Å²) in [5.41, 5.74) is 2.84. The maximum absolute atomic E-state index is 12.8. The Kier molecular flexibility index (Phi) is 6.51. The summed E-state index contributed by atoms with van der Waals surface area (Å²) < 4.78 is 0. The van der Waals surface area contributed by atoms with Gasteiger partial charge in [-0.1, -0.05) is 30.3 Å². The predicted molar refractivity (Wildman–Crippen MR) is 132 cm³/mol. The molecule has 3 heterocycles. The highest BCUT2D eigenvalue weighted by atomic mass is 16.2. The fourth-order valence-electron chi connectivity index (χ4n) is 4.91. The topological polar surface area (TPSA) is 78.4 Å². The molecular formula is C27H29N5O2. The molecule has 2 saturated heterocycles. The van der Waals surface area contributed by atoms with Crippen LogP contribution < -0.4 is 10.2 Å². The largest absolute Gasteiger partial charge is 0.354 e. The van der Waals surface area contributed by atoms with Crippen molar-refractivity contribution in [2.75, 3.05) is 36.4 Å². The van der Waals surface area contributed by atoms with E-state index in [2.05, 4.69) is 32.5 Å². The van der Waals surface area contributed by atoms with Gasteiger partial charge in [0.05, 0.1) is 5.92 Å². The molecule has 34 heavy (non-hydrogen) atoms. The lowest BCUT2D eigenvalue weighted by atomic mass is 9.89. The van der Waals surface area contributed by atoms with E-state index in [1.807, 2.05) is 59.5 Å². The zero-order chi connectivity index (χ0) is 23.3. The normalized spacial score (nSPS) is 18.6. The summed E-state index contributed by atoms with van der Waals surface area (Å²) in [5.74, 6) is 1.35. The number of hydrogen-bond donors (Lipinski definition) is 1. The van der Waals surface area contributed by atoms with E-state index < -0.39 is 0 Å². The molecule has 0 radical (unpaired) electrons. The van der Waals surface area contributed by atoms with E-state index >= 15 is 0 Å². The van der Waals surface area contributed by atoms with Crippen LogP contribution in [0, 0.1) is 5.92 Å². The van der Waals surface area contributed by atoms with Crippen LogP contribution in [0.15, 0.2) is 72.9 Å². The number of amides is 2. The third-order valence-electron chi connectivity index (χ3n) is 6.89. The van der Waals surface area contributed by atoms with Gasteiger partial charge in [-0.15, -0.1) is 5.10 Å². The van der Waals surface area contributed by atoms with Gasteiger partial charge in [0.2, 0.25) is 5.91 Å². The maximum Gasteiger partial charge on any atom is 0.253 e. The fraction of sp³-hybridized carbons (Fsp3) is 0.333. The van der Waals surface area contributed by atoms with Gasteiger partial charge in [0.15, 0.2) is 5.82 Å². The molecule has 5 rings (SSSR count). The Morgan fingerprint density at radius 1 is 0.853 bits per heavy atom. The molecule has 3 aromatic rings. The summed E-state index contributed by atoms with van der Waals surface area (Å²) >= 11 is 0. The van der Waals surface area contributed by atoms with Crippen LogP contribution in [-0.4, -0.2) is 53.1 Å². The van der Waals surface area contributed by atoms with Crippen molar-refractivity contribution in [2.45, 2.75) is 25.2 Å². The van der Waals surface area contributed by atoms with E-state index in [1.165, 1.54) is 5.56 Å². The Morgan fingerprint density at radius 3 is 2.32 bits per heavy atom. The molecule has 2 amide bonds. The van der Waals surface area contributed by atoms with Gasteiger partial charge in [0.1, 0.15) is 0 Å². The number of benzene rings is 2. The summed E-state index contributed by atoms with van der Waals surface area (Å²) in [6.07, 6.45) is 4.36. The third-order valence-corrected chi connectivity index (χ3v) is 6.89. The van der Waals surface area contributed by atoms with Gasteiger partial charge in [-0.2, -0.15) is 5.10 Å². The average molecular weight is 456 g/mol. The number of hydrogen-bond acceptors (Lipinski definition) is 5. The Hall–Kier alpha value is -3.74. The molecule has 7 heteroatoms. The number of nitrogens with zero attached hydrogens (tertiary/aromatic N) is 4. The predicted octanol–water partition coefficient (Wildman–Crippen LogP) is 3.96. The second-order valence-electron chi connectivity index (χ2n) is 9.06. The first-order chi connectivity index (χ1) is 16.7. The van der Waals surface area contributed by atoms with Gasteiger partial charge in [0, 0.05) is 43.6 Å². The van der Waals surface area contributed by atoms with Crippen LogP contribution in [0.1, 0.15) is 41.1 Å². The number of anilines is 2. The number of nitrogens with one attached hydrogen (secondary N) is 1. The number of rotatable bonds is 5. The summed E-state index contributed by atoms with van der Waals surface area (Å²) in [6, 6.07) is 21.5. The monoisotopic (exact) mass is 455 g/mol. The lowest BCUT2D eigenvalue weighted by Gasteiger charge is -2.32. The van der Waals surface area contributed by atoms with Gasteiger partial charge in [-0.3, -0.25) is 9.59 Å². The van der Waals surface area contributed by atoms with Crippen molar-refractivity contribution in [3.8, 4) is 0 Å². The molecule has 0 bridgehead atoms. The number of likely N-dealkylation sites (tertiary alicyclic amines) is 1. The minimum atomic E-state index is -0.0619. The van der Waals surface area contributed by atoms with Gasteiger partial charge >= 0.3 is 0 Å². The molecule has 2 aromatic carbocycles. The SMILES string of the molecule is O=C(Nc1ccc(C2CCN(C(=O)c3ccccc3)CC2)cc1)[C@H]1CCN(c2cccnn2)C1. The van der Waals surface area contributed by atoms with Crippen LogP contribution in [-0.2, 0) is 4.79 Å². The van der Waals surface area contributed by atoms with Crippen molar-refractivity contribution in [1.82, 2.24) is 15.1 Å². The highest BCUT2D eigenvalue weighted by molar-refractivity contribution is 5.94. The second-order valence-corrected chi connectivity index (χ2v) is 9.06. The zero-order valence-electron chi connectivity index (χ0n) is 19.1. The summed E-state index contributed by atoms with van der Waals surface area (Å²) in [6.45, 7) is 2.99. The van der Waals surface area contributed by atoms with Crippen LogP contribution in [0.5, 0.6) is 0 Å². The van der Waals surface area contributed by atoms with E-state index in [1.54, 1.807) is 6.20 Å². The zero-order valence-corrected chi connectivity index (χ0v) is 19.1. The first-order valence-corrected chi connectivity index (χ1v) is 11.9. The van der Waals surface area contributed by atoms with E-state index in [0.717, 1.165) is 56.0 Å². The molecule has 0 saturated carbocycles. The lowest BCUT2D eigenvalue weighted by molar-refractivity contribution is -0.119. The van der Waals surface area contributed by atoms with Crippen molar-refractivity contribution in [3.05, 3.63) is 84.1 Å². The highest BCUT2D eigenvalue weighted by Crippen LogP contribution is 2.30. The van der Waals surface area contributed by atoms with Crippen LogP contribution in [0.2, 0.25) is 0 Å². The van der Waals surface area contributed by atoms with Gasteiger partial charge in [-0.25, -0.2) is 0 Å². The van der Waals surface area contributed by atoms with Gasteiger partial charge < -0.3 is 15.1 Å². The van der Waals surface area contributed by atoms with Crippen LogP contribution in [0.25, 0.3) is 0 Å². The van der Waals surface area contributed by atoms with Crippen molar-refractivity contribution >= 4 is 23.3 Å². The molecule has 2 fully saturated rings. The van der Waals surface area contributed by atoms with Crippen LogP contribution in [0.3, 0.4) is 0 Å². The van der Waals surface area contributed by atoms with Crippen molar-refractivity contribution in [1.29, 1.82) is 0 Å². The van der Waals surface area contributed by atoms with E-state index in [0.29, 0.717) is 12.5 Å². The van der Waals surface area contributed by atoms with E-state index in [4.69, 9.17) is 0 Å². The Morgan fingerprint density at radius 2 is 1.62 bits per heavy atom. The molecule has 1 atom stereocenters. The molecule has 0 aliphatic carbocycles. The Balaban J connectivity index is 1.12. The molecule has 7 nitrogen and oxygen atoms in total. The summed E-state index contributed by atoms with van der Waals surface area (Å²) in [5, 5.41) is 11.1. The molecule has 1 aromatic heterocycles. The second kappa shape index (κ2) is 10.0. The van der Waals surface area contributed by atoms with Gasteiger partial charge in [0.25, 0.3) is 5.91 Å². The molecule has 0 unspecified atom stereocenters. The molecule has 1 N–H and O–H groups in total. The highest BCUT2D eigenvalue weighted by Gasteiger charge is 2.29. The van der Waals surface area contributed by atoms with Gasteiger partial charge in [-0.05, 0) is 67.1 Å². The number of piperidine rings is 1. The first kappa shape index (κ1) is 22.1. The molecule has 2 aliphatic heterocycles. The standard InChI is InChI=1S/C27H29N5O2/c33-26(23-14-18-32(19-23)25-7-4-15-28-30-25)29-24-10-8-20(9-11-24)21-12-16-31(17-13-21)27(34)22-5-2-1-3-6-22/h1-11,15,21,23H,12-14,16-19H2,(H,29,33)/t23-/m0/s1. The van der Waals surface area contributed by atoms with E-state index in [9.17, 15) is 9.59 Å². The first-order valence-electron chi connectivity index (χ1n) is 11.9. The third kappa shape index (κ3) is 4.93. The lowest BCUT2D eigenvalue weighted by Crippen LogP contribution is -2.37. The molecule has 0 spiro atoms. The van der Waals surface area contributed by atoms with Crippen molar-refractivity contribution in [3.63, 3.8) is 0 Å². The number of aromatic nitrogens is 2. The van der Waals surface area contributed by atoms with E-state index in [-0.39, 0.29) is 17.7 Å². The fourth-order valence-corrected chi connectivity index (χ4v) is 4.91. The minimum absolute atomic E-state index is 0.0480. The molecule has 174 valence electrons. The number of carbonyl (C=O) groups is 2. The minimum Gasteiger partial charge on any atom is -0.354 e. The van der Waals surface area contributed by atoms with Crippen LogP contribution in [0.4, 0.5) is 11.5 Å². The summed E-state index contributed by atoms with van der Waals surface area (Å²) in [7, 11) is 0. The average Bonchev–Trinajstić information content (AvgIpc) is 3.41. The smallest absolute Gasteiger partial charge is 0.253 e. The molecular weight excluding hydrogens is 426 g/mol. The van der Waals surface area contributed by atoms with Crippen molar-refractivity contribution < 1.29 is 9.59 Å². The van der Waals surface area contributed by atoms with Crippen molar-refractivity contribution in [2.24, 2.45) is 5.92 Å². The van der Waals surface area contributed by atoms with Crippen LogP contribution >= 0.6 is 0 Å². The Bertz CT molecular complexity index is 1110. The maximum atomic E-state index is 12.8. The Labute approximate surface area is 199 Å². The summed E-state index contributed by atoms with van der Waals surface area (Å²) in [4.78, 5) is 29.5.